The van der Waals surface area contributed by atoms with Crippen LogP contribution in [0.5, 0.6) is 0 Å². The third kappa shape index (κ3) is 4.62. The van der Waals surface area contributed by atoms with E-state index in [1.54, 1.807) is 6.92 Å². The molecule has 0 amide bonds. The average Bonchev–Trinajstić information content (AvgIpc) is 2.59. The first-order valence-electron chi connectivity index (χ1n) is 7.85. The van der Waals surface area contributed by atoms with Crippen LogP contribution in [-0.4, -0.2) is 37.3 Å². The van der Waals surface area contributed by atoms with Gasteiger partial charge in [0.15, 0.2) is 0 Å². The zero-order valence-corrected chi connectivity index (χ0v) is 14.8. The van der Waals surface area contributed by atoms with Crippen molar-refractivity contribution in [2.75, 3.05) is 19.6 Å². The molecule has 0 radical (unpaired) electrons. The Morgan fingerprint density at radius 3 is 2.40 bits per heavy atom. The number of nitrogens with zero attached hydrogens (tertiary/aromatic N) is 2. The first-order valence-corrected chi connectivity index (χ1v) is 9.29. The molecule has 0 unspecified atom stereocenters. The molecule has 2 rings (SSSR count). The van der Waals surface area contributed by atoms with Gasteiger partial charge in [-0.05, 0) is 24.5 Å². The number of nitrogens with two attached hydrogens (primary N) is 1. The molecule has 0 aromatic heterocycles. The van der Waals surface area contributed by atoms with Crippen molar-refractivity contribution < 1.29 is 13.3 Å². The normalized spacial score (nSPS) is 11.6. The van der Waals surface area contributed by atoms with E-state index in [1.807, 2.05) is 30.3 Å². The maximum absolute atomic E-state index is 13.0. The minimum absolute atomic E-state index is 0.0526. The van der Waals surface area contributed by atoms with Crippen LogP contribution in [0.4, 0.5) is 5.69 Å². The lowest BCUT2D eigenvalue weighted by atomic mass is 10.1. The Balaban J connectivity index is 2.32. The molecule has 0 aliphatic carbocycles. The summed E-state index contributed by atoms with van der Waals surface area (Å²) in [6.07, 6.45) is 0.536. The van der Waals surface area contributed by atoms with Crippen LogP contribution in [0.3, 0.4) is 0 Å². The maximum atomic E-state index is 13.0. The molecule has 8 heteroatoms. The fourth-order valence-electron chi connectivity index (χ4n) is 2.51. The number of hydrogen-bond donors (Lipinski definition) is 1. The van der Waals surface area contributed by atoms with Crippen molar-refractivity contribution in [2.24, 2.45) is 5.73 Å². The number of benzene rings is 2. The zero-order valence-electron chi connectivity index (χ0n) is 14.0. The smallest absolute Gasteiger partial charge is 0.270 e. The van der Waals surface area contributed by atoms with Crippen LogP contribution in [0.25, 0.3) is 0 Å². The molecule has 0 atom stereocenters. The first kappa shape index (κ1) is 19.0. The Labute approximate surface area is 147 Å². The molecule has 2 aromatic rings. The highest BCUT2D eigenvalue weighted by Crippen LogP contribution is 2.25. The molecule has 2 aromatic carbocycles. The van der Waals surface area contributed by atoms with Gasteiger partial charge in [-0.1, -0.05) is 36.4 Å². The molecule has 0 heterocycles. The molecular weight excluding hydrogens is 342 g/mol. The highest BCUT2D eigenvalue weighted by molar-refractivity contribution is 7.89. The second kappa shape index (κ2) is 8.19. The molecule has 134 valence electrons. The lowest BCUT2D eigenvalue weighted by molar-refractivity contribution is -0.385. The lowest BCUT2D eigenvalue weighted by Gasteiger charge is -2.22. The number of non-ortho nitro benzene ring substituents is 1. The molecule has 7 nitrogen and oxygen atoms in total. The highest BCUT2D eigenvalue weighted by Gasteiger charge is 2.27. The molecule has 25 heavy (non-hydrogen) atoms. The van der Waals surface area contributed by atoms with Crippen molar-refractivity contribution in [1.29, 1.82) is 0 Å². The zero-order chi connectivity index (χ0) is 18.4. The van der Waals surface area contributed by atoms with Crippen LogP contribution in [0, 0.1) is 17.0 Å². The molecule has 0 aliphatic heterocycles. The number of aryl methyl sites for hydroxylation is 1. The Morgan fingerprint density at radius 2 is 1.80 bits per heavy atom. The summed E-state index contributed by atoms with van der Waals surface area (Å²) < 4.78 is 27.3. The largest absolute Gasteiger partial charge is 0.329 e. The van der Waals surface area contributed by atoms with E-state index in [4.69, 9.17) is 5.73 Å². The molecule has 0 aliphatic rings. The predicted molar refractivity (Wildman–Crippen MR) is 95.8 cm³/mol. The van der Waals surface area contributed by atoms with Gasteiger partial charge in [-0.25, -0.2) is 8.42 Å². The maximum Gasteiger partial charge on any atom is 0.270 e. The van der Waals surface area contributed by atoms with Gasteiger partial charge in [0.05, 0.1) is 9.82 Å². The Hall–Kier alpha value is -2.29. The van der Waals surface area contributed by atoms with Gasteiger partial charge in [0.2, 0.25) is 10.0 Å². The summed E-state index contributed by atoms with van der Waals surface area (Å²) in [7, 11) is -3.87. The number of nitro benzene ring substituents is 1. The monoisotopic (exact) mass is 363 g/mol. The predicted octanol–water partition coefficient (Wildman–Crippen LogP) is 2.10. The molecule has 0 fully saturated rings. The third-order valence-corrected chi connectivity index (χ3v) is 5.91. The molecule has 0 saturated carbocycles. The van der Waals surface area contributed by atoms with Crippen LogP contribution >= 0.6 is 0 Å². The second-order valence-electron chi connectivity index (χ2n) is 5.64. The van der Waals surface area contributed by atoms with Crippen LogP contribution in [0.1, 0.15) is 11.1 Å². The fraction of sp³-hybridized carbons (Fsp3) is 0.294. The average molecular weight is 363 g/mol. The SMILES string of the molecule is Cc1ccc([N+](=O)[O-])cc1S(=O)(=O)N(CCN)CCc1ccccc1. The van der Waals surface area contributed by atoms with Gasteiger partial charge in [0, 0.05) is 31.8 Å². The van der Waals surface area contributed by atoms with Crippen molar-refractivity contribution in [3.8, 4) is 0 Å². The van der Waals surface area contributed by atoms with E-state index in [0.29, 0.717) is 12.0 Å². The summed E-state index contributed by atoms with van der Waals surface area (Å²) in [6.45, 7) is 2.19. The highest BCUT2D eigenvalue weighted by atomic mass is 32.2. The van der Waals surface area contributed by atoms with Gasteiger partial charge < -0.3 is 5.73 Å². The van der Waals surface area contributed by atoms with E-state index in [9.17, 15) is 18.5 Å². The summed E-state index contributed by atoms with van der Waals surface area (Å²) in [5.41, 5.74) is 6.80. The molecule has 2 N–H and O–H groups in total. The van der Waals surface area contributed by atoms with Crippen molar-refractivity contribution >= 4 is 15.7 Å². The fourth-order valence-corrected chi connectivity index (χ4v) is 4.21. The number of sulfonamides is 1. The summed E-state index contributed by atoms with van der Waals surface area (Å²) >= 11 is 0. The lowest BCUT2D eigenvalue weighted by Crippen LogP contribution is -2.37. The molecular formula is C17H21N3O4S. The van der Waals surface area contributed by atoms with Gasteiger partial charge in [-0.2, -0.15) is 4.31 Å². The van der Waals surface area contributed by atoms with E-state index in [1.165, 1.54) is 16.4 Å². The molecule has 0 saturated heterocycles. The van der Waals surface area contributed by atoms with Crippen LogP contribution in [-0.2, 0) is 16.4 Å². The molecule has 0 bridgehead atoms. The first-order chi connectivity index (χ1) is 11.9. The van der Waals surface area contributed by atoms with E-state index < -0.39 is 14.9 Å². The van der Waals surface area contributed by atoms with Crippen LogP contribution in [0.2, 0.25) is 0 Å². The quantitative estimate of drug-likeness (QED) is 0.571. The van der Waals surface area contributed by atoms with Gasteiger partial charge in [-0.15, -0.1) is 0 Å². The van der Waals surface area contributed by atoms with Crippen molar-refractivity contribution in [2.45, 2.75) is 18.2 Å². The molecule has 0 spiro atoms. The van der Waals surface area contributed by atoms with Crippen molar-refractivity contribution in [3.05, 3.63) is 69.8 Å². The number of rotatable bonds is 8. The summed E-state index contributed by atoms with van der Waals surface area (Å²) in [4.78, 5) is 10.3. The van der Waals surface area contributed by atoms with Crippen LogP contribution in [0.15, 0.2) is 53.4 Å². The Bertz CT molecular complexity index is 838. The number of nitro groups is 1. The van der Waals surface area contributed by atoms with Crippen molar-refractivity contribution in [1.82, 2.24) is 4.31 Å². The number of hydrogen-bond acceptors (Lipinski definition) is 5. The van der Waals surface area contributed by atoms with Crippen LogP contribution < -0.4 is 5.73 Å². The second-order valence-corrected chi connectivity index (χ2v) is 7.54. The van der Waals surface area contributed by atoms with Gasteiger partial charge in [0.1, 0.15) is 0 Å². The summed E-state index contributed by atoms with van der Waals surface area (Å²) in [6, 6.07) is 13.4. The standard InChI is InChI=1S/C17H21N3O4S/c1-14-7-8-16(20(21)22)13-17(14)25(23,24)19(12-10-18)11-9-15-5-3-2-4-6-15/h2-8,13H,9-12,18H2,1H3. The Morgan fingerprint density at radius 1 is 1.12 bits per heavy atom. The topological polar surface area (TPSA) is 107 Å². The van der Waals surface area contributed by atoms with Gasteiger partial charge in [0.25, 0.3) is 5.69 Å². The minimum Gasteiger partial charge on any atom is -0.329 e. The van der Waals surface area contributed by atoms with E-state index in [0.717, 1.165) is 11.6 Å². The van der Waals surface area contributed by atoms with Gasteiger partial charge in [-0.3, -0.25) is 10.1 Å². The van der Waals surface area contributed by atoms with E-state index in [2.05, 4.69) is 0 Å². The summed E-state index contributed by atoms with van der Waals surface area (Å²) in [5.74, 6) is 0. The Kier molecular flexibility index (Phi) is 6.24. The van der Waals surface area contributed by atoms with E-state index >= 15 is 0 Å². The van der Waals surface area contributed by atoms with Gasteiger partial charge >= 0.3 is 0 Å². The van der Waals surface area contributed by atoms with E-state index in [-0.39, 0.29) is 30.2 Å². The third-order valence-electron chi connectivity index (χ3n) is 3.87. The summed E-state index contributed by atoms with van der Waals surface area (Å²) in [5, 5.41) is 11.0. The van der Waals surface area contributed by atoms with Crippen molar-refractivity contribution in [3.63, 3.8) is 0 Å². The minimum atomic E-state index is -3.87.